The van der Waals surface area contributed by atoms with Crippen LogP contribution in [0.25, 0.3) is 0 Å². The van der Waals surface area contributed by atoms with Gasteiger partial charge in [0, 0.05) is 25.0 Å². The number of amides is 2. The van der Waals surface area contributed by atoms with Gasteiger partial charge in [0.25, 0.3) is 0 Å². The molecule has 1 saturated heterocycles. The number of carbonyl (C=O) groups excluding carboxylic acids is 1. The van der Waals surface area contributed by atoms with Gasteiger partial charge < -0.3 is 10.2 Å². The molecule has 1 fully saturated rings. The van der Waals surface area contributed by atoms with Crippen LogP contribution in [0, 0.1) is 0 Å². The Labute approximate surface area is 134 Å². The van der Waals surface area contributed by atoms with Gasteiger partial charge in [-0.05, 0) is 56.1 Å². The second kappa shape index (κ2) is 7.17. The lowest BCUT2D eigenvalue weighted by Crippen LogP contribution is -2.49. The minimum atomic E-state index is 0.148. The van der Waals surface area contributed by atoms with Gasteiger partial charge in [-0.3, -0.25) is 0 Å². The maximum absolute atomic E-state index is 12.5. The average Bonchev–Trinajstić information content (AvgIpc) is 2.59. The van der Waals surface area contributed by atoms with Crippen LogP contribution in [0.5, 0.6) is 0 Å². The Morgan fingerprint density at radius 3 is 2.95 bits per heavy atom. The minimum Gasteiger partial charge on any atom is -0.337 e. The Kier molecular flexibility index (Phi) is 5.01. The van der Waals surface area contributed by atoms with Crippen LogP contribution in [0.3, 0.4) is 0 Å². The summed E-state index contributed by atoms with van der Waals surface area (Å²) in [5, 5.41) is 3.21. The zero-order chi connectivity index (χ0) is 15.4. The summed E-state index contributed by atoms with van der Waals surface area (Å²) in [6.07, 6.45) is 8.25. The predicted molar refractivity (Wildman–Crippen MR) is 90.2 cm³/mol. The van der Waals surface area contributed by atoms with Crippen molar-refractivity contribution in [3.05, 3.63) is 35.4 Å². The summed E-state index contributed by atoms with van der Waals surface area (Å²) in [7, 11) is 0. The molecular weight excluding hydrogens is 272 g/mol. The highest BCUT2D eigenvalue weighted by Crippen LogP contribution is 2.31. The van der Waals surface area contributed by atoms with Crippen molar-refractivity contribution in [2.24, 2.45) is 0 Å². The highest BCUT2D eigenvalue weighted by atomic mass is 16.2. The van der Waals surface area contributed by atoms with Crippen LogP contribution < -0.4 is 5.32 Å². The molecule has 1 aliphatic carbocycles. The second-order valence-corrected chi connectivity index (χ2v) is 6.73. The molecule has 3 heteroatoms. The third-order valence-corrected chi connectivity index (χ3v) is 5.35. The Morgan fingerprint density at radius 1 is 1.23 bits per heavy atom. The SMILES string of the molecule is CCC1CCCCN1C(=O)NCC1CCCc2ccccc21. The van der Waals surface area contributed by atoms with Gasteiger partial charge >= 0.3 is 6.03 Å². The summed E-state index contributed by atoms with van der Waals surface area (Å²) in [5.41, 5.74) is 2.91. The van der Waals surface area contributed by atoms with Crippen LogP contribution in [0.4, 0.5) is 4.79 Å². The van der Waals surface area contributed by atoms with E-state index in [1.54, 1.807) is 0 Å². The number of carbonyl (C=O) groups is 1. The highest BCUT2D eigenvalue weighted by Gasteiger charge is 2.26. The third kappa shape index (κ3) is 3.29. The Morgan fingerprint density at radius 2 is 2.09 bits per heavy atom. The van der Waals surface area contributed by atoms with Crippen LogP contribution >= 0.6 is 0 Å². The van der Waals surface area contributed by atoms with Crippen molar-refractivity contribution >= 4 is 6.03 Å². The Hall–Kier alpha value is -1.51. The largest absolute Gasteiger partial charge is 0.337 e. The number of nitrogens with zero attached hydrogens (tertiary/aromatic N) is 1. The van der Waals surface area contributed by atoms with E-state index >= 15 is 0 Å². The number of benzene rings is 1. The van der Waals surface area contributed by atoms with Crippen molar-refractivity contribution < 1.29 is 4.79 Å². The van der Waals surface area contributed by atoms with Crippen LogP contribution in [0.15, 0.2) is 24.3 Å². The van der Waals surface area contributed by atoms with Crippen molar-refractivity contribution in [1.82, 2.24) is 10.2 Å². The molecule has 2 aliphatic rings. The maximum atomic E-state index is 12.5. The predicted octanol–water partition coefficient (Wildman–Crippen LogP) is 4.08. The average molecular weight is 300 g/mol. The number of rotatable bonds is 3. The lowest BCUT2D eigenvalue weighted by atomic mass is 9.83. The van der Waals surface area contributed by atoms with Crippen molar-refractivity contribution in [2.75, 3.05) is 13.1 Å². The van der Waals surface area contributed by atoms with Crippen LogP contribution in [0.1, 0.15) is 62.5 Å². The monoisotopic (exact) mass is 300 g/mol. The molecule has 0 spiro atoms. The van der Waals surface area contributed by atoms with Crippen molar-refractivity contribution in [1.29, 1.82) is 0 Å². The highest BCUT2D eigenvalue weighted by molar-refractivity contribution is 5.74. The van der Waals surface area contributed by atoms with E-state index in [4.69, 9.17) is 0 Å². The Balaban J connectivity index is 1.59. The Bertz CT molecular complexity index is 514. The number of piperidine rings is 1. The first kappa shape index (κ1) is 15.4. The molecule has 2 atom stereocenters. The number of fused-ring (bicyclic) bond motifs is 1. The fraction of sp³-hybridized carbons (Fsp3) is 0.632. The third-order valence-electron chi connectivity index (χ3n) is 5.35. The summed E-state index contributed by atoms with van der Waals surface area (Å²) in [6.45, 7) is 3.89. The van der Waals surface area contributed by atoms with E-state index in [1.807, 2.05) is 0 Å². The molecule has 1 aliphatic heterocycles. The molecule has 0 aromatic heterocycles. The van der Waals surface area contributed by atoms with Gasteiger partial charge in [-0.25, -0.2) is 4.79 Å². The van der Waals surface area contributed by atoms with Gasteiger partial charge in [0.05, 0.1) is 0 Å². The lowest BCUT2D eigenvalue weighted by molar-refractivity contribution is 0.148. The standard InChI is InChI=1S/C19H28N2O/c1-2-17-11-5-6-13-21(17)19(22)20-14-16-10-7-9-15-8-3-4-12-18(15)16/h3-4,8,12,16-17H,2,5-7,9-11,13-14H2,1H3,(H,20,22). The fourth-order valence-electron chi connectivity index (χ4n) is 4.07. The quantitative estimate of drug-likeness (QED) is 0.896. The van der Waals surface area contributed by atoms with E-state index in [2.05, 4.69) is 41.4 Å². The number of hydrogen-bond acceptors (Lipinski definition) is 1. The van der Waals surface area contributed by atoms with Crippen molar-refractivity contribution in [2.45, 2.75) is 63.8 Å². The van der Waals surface area contributed by atoms with Crippen LogP contribution in [0.2, 0.25) is 0 Å². The summed E-state index contributed by atoms with van der Waals surface area (Å²) in [4.78, 5) is 14.6. The van der Waals surface area contributed by atoms with E-state index in [9.17, 15) is 4.79 Å². The van der Waals surface area contributed by atoms with E-state index in [0.29, 0.717) is 12.0 Å². The normalized spacial score (nSPS) is 24.7. The number of hydrogen-bond donors (Lipinski definition) is 1. The summed E-state index contributed by atoms with van der Waals surface area (Å²) in [6, 6.07) is 9.31. The first-order chi connectivity index (χ1) is 10.8. The van der Waals surface area contributed by atoms with Crippen LogP contribution in [-0.4, -0.2) is 30.1 Å². The molecule has 2 amide bonds. The maximum Gasteiger partial charge on any atom is 0.317 e. The zero-order valence-corrected chi connectivity index (χ0v) is 13.7. The number of aryl methyl sites for hydroxylation is 1. The molecule has 1 aromatic carbocycles. The zero-order valence-electron chi connectivity index (χ0n) is 13.7. The summed E-state index contributed by atoms with van der Waals surface area (Å²) < 4.78 is 0. The van der Waals surface area contributed by atoms with Crippen molar-refractivity contribution in [3.63, 3.8) is 0 Å². The lowest BCUT2D eigenvalue weighted by Gasteiger charge is -2.36. The van der Waals surface area contributed by atoms with Gasteiger partial charge in [-0.2, -0.15) is 0 Å². The van der Waals surface area contributed by atoms with E-state index in [-0.39, 0.29) is 6.03 Å². The molecule has 2 unspecified atom stereocenters. The topological polar surface area (TPSA) is 32.3 Å². The number of likely N-dealkylation sites (tertiary alicyclic amines) is 1. The molecule has 0 radical (unpaired) electrons. The van der Waals surface area contributed by atoms with E-state index in [0.717, 1.165) is 32.4 Å². The van der Waals surface area contributed by atoms with E-state index in [1.165, 1.54) is 36.8 Å². The molecule has 1 heterocycles. The molecule has 0 saturated carbocycles. The molecule has 22 heavy (non-hydrogen) atoms. The first-order valence-electron chi connectivity index (χ1n) is 8.92. The fourth-order valence-corrected chi connectivity index (χ4v) is 4.07. The molecule has 1 aromatic rings. The van der Waals surface area contributed by atoms with Gasteiger partial charge in [-0.1, -0.05) is 31.2 Å². The minimum absolute atomic E-state index is 0.148. The van der Waals surface area contributed by atoms with Gasteiger partial charge in [0.1, 0.15) is 0 Å². The molecular formula is C19H28N2O. The van der Waals surface area contributed by atoms with Crippen molar-refractivity contribution in [3.8, 4) is 0 Å². The van der Waals surface area contributed by atoms with Gasteiger partial charge in [0.2, 0.25) is 0 Å². The smallest absolute Gasteiger partial charge is 0.317 e. The summed E-state index contributed by atoms with van der Waals surface area (Å²) >= 11 is 0. The number of nitrogens with one attached hydrogen (secondary N) is 1. The van der Waals surface area contributed by atoms with Gasteiger partial charge in [-0.15, -0.1) is 0 Å². The van der Waals surface area contributed by atoms with E-state index < -0.39 is 0 Å². The second-order valence-electron chi connectivity index (χ2n) is 6.73. The molecule has 3 nitrogen and oxygen atoms in total. The summed E-state index contributed by atoms with van der Waals surface area (Å²) in [5.74, 6) is 0.485. The molecule has 3 rings (SSSR count). The molecule has 0 bridgehead atoms. The van der Waals surface area contributed by atoms with Crippen LogP contribution in [-0.2, 0) is 6.42 Å². The molecule has 120 valence electrons. The molecule has 1 N–H and O–H groups in total. The van der Waals surface area contributed by atoms with Gasteiger partial charge in [0.15, 0.2) is 0 Å². The first-order valence-corrected chi connectivity index (χ1v) is 8.92. The number of urea groups is 1.